The largest absolute Gasteiger partial charge is 0.394 e. The van der Waals surface area contributed by atoms with Crippen LogP contribution in [0.1, 0.15) is 45.4 Å². The SMILES string of the molecule is CCC(CO)NC(=O)CCC1CCCCN1. The molecule has 1 amide bonds. The Hall–Kier alpha value is -0.610. The maximum Gasteiger partial charge on any atom is 0.220 e. The lowest BCUT2D eigenvalue weighted by Crippen LogP contribution is -2.39. The fourth-order valence-corrected chi connectivity index (χ4v) is 2.05. The second-order valence-corrected chi connectivity index (χ2v) is 4.54. The average molecular weight is 228 g/mol. The van der Waals surface area contributed by atoms with Gasteiger partial charge in [0.15, 0.2) is 0 Å². The Morgan fingerprint density at radius 2 is 2.38 bits per heavy atom. The second-order valence-electron chi connectivity index (χ2n) is 4.54. The normalized spacial score (nSPS) is 22.8. The lowest BCUT2D eigenvalue weighted by molar-refractivity contribution is -0.122. The van der Waals surface area contributed by atoms with Gasteiger partial charge in [0.05, 0.1) is 12.6 Å². The summed E-state index contributed by atoms with van der Waals surface area (Å²) in [5.41, 5.74) is 0. The summed E-state index contributed by atoms with van der Waals surface area (Å²) in [7, 11) is 0. The molecule has 3 N–H and O–H groups in total. The van der Waals surface area contributed by atoms with Gasteiger partial charge in [0.25, 0.3) is 0 Å². The van der Waals surface area contributed by atoms with E-state index in [1.54, 1.807) is 0 Å². The van der Waals surface area contributed by atoms with Gasteiger partial charge in [0.2, 0.25) is 5.91 Å². The molecule has 1 heterocycles. The van der Waals surface area contributed by atoms with E-state index in [0.717, 1.165) is 19.4 Å². The van der Waals surface area contributed by atoms with Gasteiger partial charge >= 0.3 is 0 Å². The highest BCUT2D eigenvalue weighted by atomic mass is 16.3. The number of aliphatic hydroxyl groups excluding tert-OH is 1. The fraction of sp³-hybridized carbons (Fsp3) is 0.917. The van der Waals surface area contributed by atoms with E-state index in [4.69, 9.17) is 5.11 Å². The van der Waals surface area contributed by atoms with Crippen LogP contribution in [-0.4, -0.2) is 36.2 Å². The van der Waals surface area contributed by atoms with Gasteiger partial charge in [-0.15, -0.1) is 0 Å². The quantitative estimate of drug-likeness (QED) is 0.630. The van der Waals surface area contributed by atoms with E-state index in [0.29, 0.717) is 12.5 Å². The lowest BCUT2D eigenvalue weighted by atomic mass is 10.0. The number of amides is 1. The van der Waals surface area contributed by atoms with E-state index >= 15 is 0 Å². The molecule has 1 saturated heterocycles. The standard InChI is InChI=1S/C12H24N2O2/c1-2-10(9-15)14-12(16)7-6-11-5-3-4-8-13-11/h10-11,13,15H,2-9H2,1H3,(H,14,16). The predicted octanol–water partition coefficient (Wildman–Crippen LogP) is 0.796. The molecule has 0 saturated carbocycles. The number of rotatable bonds is 6. The van der Waals surface area contributed by atoms with Crippen LogP contribution in [0.15, 0.2) is 0 Å². The second kappa shape index (κ2) is 7.63. The van der Waals surface area contributed by atoms with Gasteiger partial charge in [-0.2, -0.15) is 0 Å². The Morgan fingerprint density at radius 1 is 1.56 bits per heavy atom. The minimum absolute atomic E-state index is 0.0317. The molecule has 0 aromatic carbocycles. The van der Waals surface area contributed by atoms with Gasteiger partial charge in [0.1, 0.15) is 0 Å². The van der Waals surface area contributed by atoms with Crippen molar-refractivity contribution in [3.05, 3.63) is 0 Å². The molecule has 0 aromatic heterocycles. The van der Waals surface area contributed by atoms with Crippen LogP contribution in [0, 0.1) is 0 Å². The highest BCUT2D eigenvalue weighted by molar-refractivity contribution is 5.76. The van der Waals surface area contributed by atoms with Crippen molar-refractivity contribution in [3.8, 4) is 0 Å². The highest BCUT2D eigenvalue weighted by Gasteiger charge is 2.15. The minimum atomic E-state index is -0.0770. The van der Waals surface area contributed by atoms with Gasteiger partial charge in [-0.1, -0.05) is 13.3 Å². The average Bonchev–Trinajstić information content (AvgIpc) is 2.34. The van der Waals surface area contributed by atoms with Crippen LogP contribution in [0.25, 0.3) is 0 Å². The number of carbonyl (C=O) groups is 1. The molecule has 1 aliphatic rings. The van der Waals surface area contributed by atoms with Crippen molar-refractivity contribution >= 4 is 5.91 Å². The van der Waals surface area contributed by atoms with Crippen molar-refractivity contribution in [1.29, 1.82) is 0 Å². The molecule has 4 heteroatoms. The van der Waals surface area contributed by atoms with Crippen LogP contribution in [0.5, 0.6) is 0 Å². The number of hydrogen-bond donors (Lipinski definition) is 3. The Kier molecular flexibility index (Phi) is 6.42. The molecule has 0 radical (unpaired) electrons. The predicted molar refractivity (Wildman–Crippen MR) is 64.2 cm³/mol. The maximum absolute atomic E-state index is 11.6. The number of nitrogens with one attached hydrogen (secondary N) is 2. The third kappa shape index (κ3) is 4.94. The molecule has 0 bridgehead atoms. The van der Waals surface area contributed by atoms with Crippen molar-refractivity contribution in [2.75, 3.05) is 13.2 Å². The first-order chi connectivity index (χ1) is 7.76. The van der Waals surface area contributed by atoms with Gasteiger partial charge in [-0.3, -0.25) is 4.79 Å². The minimum Gasteiger partial charge on any atom is -0.394 e. The molecule has 2 atom stereocenters. The van der Waals surface area contributed by atoms with Crippen molar-refractivity contribution < 1.29 is 9.90 Å². The number of carbonyl (C=O) groups excluding carboxylic acids is 1. The summed E-state index contributed by atoms with van der Waals surface area (Å²) in [5.74, 6) is 0.0632. The molecule has 1 fully saturated rings. The van der Waals surface area contributed by atoms with E-state index in [9.17, 15) is 4.79 Å². The molecule has 1 rings (SSSR count). The van der Waals surface area contributed by atoms with Crippen LogP contribution < -0.4 is 10.6 Å². The lowest BCUT2D eigenvalue weighted by Gasteiger charge is -2.23. The summed E-state index contributed by atoms with van der Waals surface area (Å²) in [6.45, 7) is 3.08. The number of hydrogen-bond acceptors (Lipinski definition) is 3. The van der Waals surface area contributed by atoms with Crippen LogP contribution in [0.4, 0.5) is 0 Å². The summed E-state index contributed by atoms with van der Waals surface area (Å²) in [6.07, 6.45) is 5.97. The zero-order valence-corrected chi connectivity index (χ0v) is 10.2. The molecule has 1 aliphatic heterocycles. The molecule has 94 valence electrons. The summed E-state index contributed by atoms with van der Waals surface area (Å²) in [6, 6.07) is 0.431. The highest BCUT2D eigenvalue weighted by Crippen LogP contribution is 2.11. The van der Waals surface area contributed by atoms with Gasteiger partial charge in [-0.25, -0.2) is 0 Å². The topological polar surface area (TPSA) is 61.4 Å². The van der Waals surface area contributed by atoms with Crippen LogP contribution in [-0.2, 0) is 4.79 Å². The molecule has 0 spiro atoms. The molecular formula is C12H24N2O2. The summed E-state index contributed by atoms with van der Waals surface area (Å²) >= 11 is 0. The summed E-state index contributed by atoms with van der Waals surface area (Å²) < 4.78 is 0. The smallest absolute Gasteiger partial charge is 0.220 e. The van der Waals surface area contributed by atoms with Crippen LogP contribution in [0.2, 0.25) is 0 Å². The van der Waals surface area contributed by atoms with Gasteiger partial charge in [0, 0.05) is 12.5 Å². The number of aliphatic hydroxyl groups is 1. The Bertz CT molecular complexity index is 199. The Labute approximate surface area is 97.8 Å². The van der Waals surface area contributed by atoms with Crippen molar-refractivity contribution in [3.63, 3.8) is 0 Å². The fourth-order valence-electron chi connectivity index (χ4n) is 2.05. The third-order valence-electron chi connectivity index (χ3n) is 3.21. The Balaban J connectivity index is 2.13. The van der Waals surface area contributed by atoms with E-state index in [1.165, 1.54) is 19.3 Å². The molecule has 16 heavy (non-hydrogen) atoms. The van der Waals surface area contributed by atoms with Gasteiger partial charge in [-0.05, 0) is 32.2 Å². The zero-order valence-electron chi connectivity index (χ0n) is 10.2. The monoisotopic (exact) mass is 228 g/mol. The first kappa shape index (κ1) is 13.5. The van der Waals surface area contributed by atoms with Crippen molar-refractivity contribution in [2.24, 2.45) is 0 Å². The maximum atomic E-state index is 11.6. The summed E-state index contributed by atoms with van der Waals surface area (Å²) in [4.78, 5) is 11.6. The number of piperidine rings is 1. The molecule has 0 aliphatic carbocycles. The summed E-state index contributed by atoms with van der Waals surface area (Å²) in [5, 5.41) is 15.2. The Morgan fingerprint density at radius 3 is 2.94 bits per heavy atom. The molecular weight excluding hydrogens is 204 g/mol. The third-order valence-corrected chi connectivity index (χ3v) is 3.21. The first-order valence-corrected chi connectivity index (χ1v) is 6.39. The van der Waals surface area contributed by atoms with Crippen molar-refractivity contribution in [2.45, 2.75) is 57.5 Å². The molecule has 4 nitrogen and oxygen atoms in total. The van der Waals surface area contributed by atoms with Gasteiger partial charge < -0.3 is 15.7 Å². The first-order valence-electron chi connectivity index (χ1n) is 6.39. The zero-order chi connectivity index (χ0) is 11.8. The van der Waals surface area contributed by atoms with Crippen LogP contribution >= 0.6 is 0 Å². The van der Waals surface area contributed by atoms with Crippen molar-refractivity contribution in [1.82, 2.24) is 10.6 Å². The van der Waals surface area contributed by atoms with E-state index < -0.39 is 0 Å². The van der Waals surface area contributed by atoms with E-state index in [1.807, 2.05) is 6.92 Å². The van der Waals surface area contributed by atoms with E-state index in [-0.39, 0.29) is 18.6 Å². The van der Waals surface area contributed by atoms with Crippen LogP contribution in [0.3, 0.4) is 0 Å². The molecule has 2 unspecified atom stereocenters. The van der Waals surface area contributed by atoms with E-state index in [2.05, 4.69) is 10.6 Å². The molecule has 0 aromatic rings.